The minimum Gasteiger partial charge on any atom is -0.299 e. The van der Waals surface area contributed by atoms with Gasteiger partial charge in [0.05, 0.1) is 5.75 Å². The van der Waals surface area contributed by atoms with Gasteiger partial charge >= 0.3 is 0 Å². The van der Waals surface area contributed by atoms with Gasteiger partial charge in [0, 0.05) is 18.4 Å². The Bertz CT molecular complexity index is 552. The highest BCUT2D eigenvalue weighted by Crippen LogP contribution is 2.64. The first-order valence-electron chi connectivity index (χ1n) is 8.35. The smallest absolute Gasteiger partial charge is 0.212 e. The van der Waals surface area contributed by atoms with Crippen molar-refractivity contribution >= 4 is 27.6 Å². The van der Waals surface area contributed by atoms with E-state index < -0.39 is 15.4 Å². The van der Waals surface area contributed by atoms with Crippen LogP contribution in [-0.4, -0.2) is 38.0 Å². The standard InChI is InChI=1S/C16H27NO3S2/c1-15(2)13-3-6-16(15,14(18)9-13)11-22(19,20)17-7-4-12-5-8-21-10-12/h12-13,17H,3-11H2,1-2H3. The molecular weight excluding hydrogens is 318 g/mol. The van der Waals surface area contributed by atoms with E-state index in [1.807, 2.05) is 11.8 Å². The van der Waals surface area contributed by atoms with Crippen LogP contribution in [0, 0.1) is 22.7 Å². The van der Waals surface area contributed by atoms with E-state index in [2.05, 4.69) is 18.6 Å². The molecule has 0 amide bonds. The maximum absolute atomic E-state index is 12.5. The Labute approximate surface area is 138 Å². The quantitative estimate of drug-likeness (QED) is 0.803. The molecule has 3 unspecified atom stereocenters. The van der Waals surface area contributed by atoms with Crippen LogP contribution < -0.4 is 4.72 Å². The van der Waals surface area contributed by atoms with Crippen molar-refractivity contribution in [3.63, 3.8) is 0 Å². The molecule has 1 N–H and O–H groups in total. The second-order valence-electron chi connectivity index (χ2n) is 7.84. The molecule has 2 bridgehead atoms. The van der Waals surface area contributed by atoms with E-state index in [4.69, 9.17) is 0 Å². The summed E-state index contributed by atoms with van der Waals surface area (Å²) in [5, 5.41) is 0. The van der Waals surface area contributed by atoms with Gasteiger partial charge in [0.25, 0.3) is 0 Å². The monoisotopic (exact) mass is 345 g/mol. The number of thioether (sulfide) groups is 1. The summed E-state index contributed by atoms with van der Waals surface area (Å²) < 4.78 is 27.8. The topological polar surface area (TPSA) is 63.2 Å². The van der Waals surface area contributed by atoms with Crippen molar-refractivity contribution in [1.82, 2.24) is 4.72 Å². The van der Waals surface area contributed by atoms with E-state index in [0.29, 0.717) is 24.8 Å². The predicted octanol–water partition coefficient (Wildman–Crippen LogP) is 2.44. The third kappa shape index (κ3) is 2.75. The molecule has 4 nitrogen and oxygen atoms in total. The predicted molar refractivity (Wildman–Crippen MR) is 90.4 cm³/mol. The van der Waals surface area contributed by atoms with Crippen molar-refractivity contribution in [3.05, 3.63) is 0 Å². The number of carbonyl (C=O) groups excluding carboxylic acids is 1. The van der Waals surface area contributed by atoms with Gasteiger partial charge in [-0.15, -0.1) is 0 Å². The lowest BCUT2D eigenvalue weighted by Gasteiger charge is -2.36. The van der Waals surface area contributed by atoms with Crippen LogP contribution in [0.5, 0.6) is 0 Å². The number of rotatable bonds is 6. The van der Waals surface area contributed by atoms with Crippen LogP contribution in [0.1, 0.15) is 46.0 Å². The van der Waals surface area contributed by atoms with Crippen LogP contribution in [0.4, 0.5) is 0 Å². The summed E-state index contributed by atoms with van der Waals surface area (Å²) >= 11 is 1.95. The number of sulfonamides is 1. The third-order valence-corrected chi connectivity index (χ3v) is 9.22. The molecule has 0 radical (unpaired) electrons. The Morgan fingerprint density at radius 1 is 1.32 bits per heavy atom. The zero-order valence-corrected chi connectivity index (χ0v) is 15.2. The van der Waals surface area contributed by atoms with Crippen molar-refractivity contribution in [1.29, 1.82) is 0 Å². The minimum atomic E-state index is -3.38. The van der Waals surface area contributed by atoms with Crippen LogP contribution in [0.15, 0.2) is 0 Å². The molecule has 0 aromatic heterocycles. The van der Waals surface area contributed by atoms with Crippen LogP contribution in [0.25, 0.3) is 0 Å². The number of hydrogen-bond acceptors (Lipinski definition) is 4. The van der Waals surface area contributed by atoms with Gasteiger partial charge in [-0.2, -0.15) is 11.8 Å². The van der Waals surface area contributed by atoms with Crippen LogP contribution in [0.3, 0.4) is 0 Å². The zero-order chi connectivity index (χ0) is 16.0. The summed E-state index contributed by atoms with van der Waals surface area (Å²) in [6.07, 6.45) is 4.42. The summed E-state index contributed by atoms with van der Waals surface area (Å²) in [6.45, 7) is 4.68. The molecule has 2 aliphatic carbocycles. The molecular formula is C16H27NO3S2. The van der Waals surface area contributed by atoms with Crippen LogP contribution in [0.2, 0.25) is 0 Å². The minimum absolute atomic E-state index is 0.0122. The molecule has 22 heavy (non-hydrogen) atoms. The number of ketones is 1. The first kappa shape index (κ1) is 16.8. The number of fused-ring (bicyclic) bond motifs is 2. The first-order chi connectivity index (χ1) is 10.3. The Balaban J connectivity index is 1.62. The van der Waals surface area contributed by atoms with Gasteiger partial charge in [-0.25, -0.2) is 13.1 Å². The highest BCUT2D eigenvalue weighted by atomic mass is 32.2. The molecule has 6 heteroatoms. The lowest BCUT2D eigenvalue weighted by Crippen LogP contribution is -2.45. The van der Waals surface area contributed by atoms with Gasteiger partial charge < -0.3 is 0 Å². The largest absolute Gasteiger partial charge is 0.299 e. The molecule has 0 aromatic rings. The Morgan fingerprint density at radius 2 is 2.09 bits per heavy atom. The molecule has 1 aliphatic heterocycles. The molecule has 0 aromatic carbocycles. The van der Waals surface area contributed by atoms with E-state index in [1.165, 1.54) is 12.2 Å². The third-order valence-electron chi connectivity index (χ3n) is 6.47. The SMILES string of the molecule is CC1(C)C2CCC1(CS(=O)(=O)NCCC1CCSC1)C(=O)C2. The average molecular weight is 346 g/mol. The molecule has 3 aliphatic rings. The summed E-state index contributed by atoms with van der Waals surface area (Å²) in [7, 11) is -3.38. The summed E-state index contributed by atoms with van der Waals surface area (Å²) in [6, 6.07) is 0. The summed E-state index contributed by atoms with van der Waals surface area (Å²) in [4.78, 5) is 12.4. The van der Waals surface area contributed by atoms with Gasteiger partial charge in [-0.3, -0.25) is 4.79 Å². The maximum atomic E-state index is 12.5. The fourth-order valence-electron chi connectivity index (χ4n) is 4.71. The van der Waals surface area contributed by atoms with Crippen molar-refractivity contribution in [2.45, 2.75) is 46.0 Å². The Morgan fingerprint density at radius 3 is 2.64 bits per heavy atom. The molecule has 126 valence electrons. The molecule has 0 spiro atoms. The van der Waals surface area contributed by atoms with Gasteiger partial charge in [0.1, 0.15) is 5.78 Å². The fourth-order valence-corrected chi connectivity index (χ4v) is 7.90. The molecule has 1 saturated heterocycles. The van der Waals surface area contributed by atoms with Crippen molar-refractivity contribution < 1.29 is 13.2 Å². The van der Waals surface area contributed by atoms with E-state index in [-0.39, 0.29) is 17.0 Å². The molecule has 2 saturated carbocycles. The van der Waals surface area contributed by atoms with Crippen molar-refractivity contribution in [2.24, 2.45) is 22.7 Å². The van der Waals surface area contributed by atoms with Gasteiger partial charge in [-0.1, -0.05) is 13.8 Å². The zero-order valence-electron chi connectivity index (χ0n) is 13.6. The molecule has 3 fully saturated rings. The van der Waals surface area contributed by atoms with Crippen LogP contribution >= 0.6 is 11.8 Å². The highest BCUT2D eigenvalue weighted by Gasteiger charge is 2.65. The molecule has 3 atom stereocenters. The number of nitrogens with one attached hydrogen (secondary N) is 1. The lowest BCUT2D eigenvalue weighted by molar-refractivity contribution is -0.128. The first-order valence-corrected chi connectivity index (χ1v) is 11.2. The van der Waals surface area contributed by atoms with Gasteiger partial charge in [0.2, 0.25) is 10.0 Å². The molecule has 1 heterocycles. The van der Waals surface area contributed by atoms with Crippen molar-refractivity contribution in [3.8, 4) is 0 Å². The van der Waals surface area contributed by atoms with Crippen molar-refractivity contribution in [2.75, 3.05) is 23.8 Å². The van der Waals surface area contributed by atoms with Crippen LogP contribution in [-0.2, 0) is 14.8 Å². The molecule has 3 rings (SSSR count). The number of hydrogen-bond donors (Lipinski definition) is 1. The van der Waals surface area contributed by atoms with E-state index in [9.17, 15) is 13.2 Å². The number of carbonyl (C=O) groups is 1. The second kappa shape index (κ2) is 5.78. The van der Waals surface area contributed by atoms with E-state index in [0.717, 1.165) is 25.0 Å². The Hall–Kier alpha value is -0.0700. The lowest BCUT2D eigenvalue weighted by atomic mass is 9.70. The van der Waals surface area contributed by atoms with Gasteiger partial charge in [0.15, 0.2) is 0 Å². The average Bonchev–Trinajstić information content (AvgIpc) is 3.04. The van der Waals surface area contributed by atoms with E-state index in [1.54, 1.807) is 0 Å². The summed E-state index contributed by atoms with van der Waals surface area (Å²) in [5.41, 5.74) is -0.826. The van der Waals surface area contributed by atoms with E-state index >= 15 is 0 Å². The maximum Gasteiger partial charge on any atom is 0.212 e. The normalized spacial score (nSPS) is 37.1. The number of Topliss-reactive ketones (excluding diaryl/α,β-unsaturated/α-hetero) is 1. The Kier molecular flexibility index (Phi) is 4.41. The van der Waals surface area contributed by atoms with Gasteiger partial charge in [-0.05, 0) is 54.4 Å². The fraction of sp³-hybridized carbons (Fsp3) is 0.938. The second-order valence-corrected chi connectivity index (χ2v) is 10.8. The summed E-state index contributed by atoms with van der Waals surface area (Å²) in [5.74, 6) is 3.52. The highest BCUT2D eigenvalue weighted by molar-refractivity contribution is 7.99.